The van der Waals surface area contributed by atoms with Crippen LogP contribution in [0.1, 0.15) is 0 Å². The Hall–Kier alpha value is -3.00. The van der Waals surface area contributed by atoms with Gasteiger partial charge in [0.2, 0.25) is 5.91 Å². The zero-order chi connectivity index (χ0) is 17.1. The summed E-state index contributed by atoms with van der Waals surface area (Å²) in [5, 5.41) is 15.3. The lowest BCUT2D eigenvalue weighted by Gasteiger charge is -2.34. The van der Waals surface area contributed by atoms with Gasteiger partial charge in [0.05, 0.1) is 6.54 Å². The van der Waals surface area contributed by atoms with E-state index in [9.17, 15) is 4.79 Å². The molecule has 1 aliphatic heterocycles. The fourth-order valence-electron chi connectivity index (χ4n) is 2.95. The Kier molecular flexibility index (Phi) is 4.26. The normalized spacial score (nSPS) is 15.4. The van der Waals surface area contributed by atoms with Gasteiger partial charge in [-0.15, -0.1) is 15.3 Å². The van der Waals surface area contributed by atoms with Crippen LogP contribution in [0.4, 0.5) is 11.5 Å². The van der Waals surface area contributed by atoms with Crippen LogP contribution in [-0.2, 0) is 4.79 Å². The molecular weight excluding hydrogens is 318 g/mol. The van der Waals surface area contributed by atoms with E-state index < -0.39 is 0 Å². The topological polar surface area (TPSA) is 78.7 Å². The summed E-state index contributed by atoms with van der Waals surface area (Å²) in [5.74, 6) is 0.921. The minimum atomic E-state index is 0.0173. The molecule has 4 rings (SSSR count). The van der Waals surface area contributed by atoms with Crippen LogP contribution >= 0.6 is 0 Å². The van der Waals surface area contributed by atoms with Crippen molar-refractivity contribution in [2.24, 2.45) is 0 Å². The van der Waals surface area contributed by atoms with E-state index in [0.717, 1.165) is 43.3 Å². The molecule has 0 aliphatic carbocycles. The number of hydrogen-bond acceptors (Lipinski definition) is 6. The number of anilines is 2. The maximum atomic E-state index is 12.2. The van der Waals surface area contributed by atoms with Crippen LogP contribution in [0.2, 0.25) is 0 Å². The molecule has 1 aliphatic rings. The number of carbonyl (C=O) groups excluding carboxylic acids is 1. The maximum Gasteiger partial charge on any atom is 0.238 e. The van der Waals surface area contributed by atoms with Crippen LogP contribution in [0.5, 0.6) is 0 Å². The van der Waals surface area contributed by atoms with E-state index in [-0.39, 0.29) is 5.91 Å². The Bertz CT molecular complexity index is 856. The third-order valence-corrected chi connectivity index (χ3v) is 4.27. The zero-order valence-electron chi connectivity index (χ0n) is 13.7. The number of fused-ring (bicyclic) bond motifs is 1. The highest BCUT2D eigenvalue weighted by molar-refractivity contribution is 5.92. The van der Waals surface area contributed by atoms with E-state index in [1.807, 2.05) is 42.5 Å². The van der Waals surface area contributed by atoms with Crippen molar-refractivity contribution >= 4 is 23.1 Å². The van der Waals surface area contributed by atoms with Crippen molar-refractivity contribution in [2.75, 3.05) is 42.9 Å². The number of carbonyl (C=O) groups is 1. The van der Waals surface area contributed by atoms with Crippen LogP contribution in [0.25, 0.3) is 5.65 Å². The smallest absolute Gasteiger partial charge is 0.238 e. The first-order valence-electron chi connectivity index (χ1n) is 8.27. The molecule has 128 valence electrons. The van der Waals surface area contributed by atoms with Gasteiger partial charge in [0.1, 0.15) is 12.1 Å². The van der Waals surface area contributed by atoms with Gasteiger partial charge in [0.25, 0.3) is 0 Å². The number of benzene rings is 1. The van der Waals surface area contributed by atoms with Crippen molar-refractivity contribution < 1.29 is 4.79 Å². The van der Waals surface area contributed by atoms with E-state index >= 15 is 0 Å². The van der Waals surface area contributed by atoms with Gasteiger partial charge in [0, 0.05) is 31.9 Å². The average molecular weight is 337 g/mol. The molecule has 0 unspecified atom stereocenters. The minimum Gasteiger partial charge on any atom is -0.353 e. The molecule has 0 bridgehead atoms. The molecule has 8 nitrogen and oxygen atoms in total. The number of amides is 1. The summed E-state index contributed by atoms with van der Waals surface area (Å²) < 4.78 is 1.68. The van der Waals surface area contributed by atoms with Crippen LogP contribution in [-0.4, -0.2) is 63.3 Å². The van der Waals surface area contributed by atoms with E-state index in [1.165, 1.54) is 0 Å². The quantitative estimate of drug-likeness (QED) is 0.762. The fraction of sp³-hybridized carbons (Fsp3) is 0.294. The molecular formula is C17H19N7O. The Morgan fingerprint density at radius 1 is 1.04 bits per heavy atom. The first-order valence-corrected chi connectivity index (χ1v) is 8.27. The largest absolute Gasteiger partial charge is 0.353 e. The van der Waals surface area contributed by atoms with Gasteiger partial charge in [-0.1, -0.05) is 18.2 Å². The summed E-state index contributed by atoms with van der Waals surface area (Å²) in [6.07, 6.45) is 1.60. The number of piperazine rings is 1. The van der Waals surface area contributed by atoms with Gasteiger partial charge in [-0.2, -0.15) is 4.52 Å². The third kappa shape index (κ3) is 3.58. The van der Waals surface area contributed by atoms with Crippen LogP contribution in [0.15, 0.2) is 48.8 Å². The second-order valence-electron chi connectivity index (χ2n) is 6.00. The van der Waals surface area contributed by atoms with Gasteiger partial charge in [-0.3, -0.25) is 9.69 Å². The Morgan fingerprint density at radius 3 is 2.64 bits per heavy atom. The summed E-state index contributed by atoms with van der Waals surface area (Å²) in [7, 11) is 0. The van der Waals surface area contributed by atoms with Gasteiger partial charge in [0.15, 0.2) is 5.65 Å². The predicted octanol–water partition coefficient (Wildman–Crippen LogP) is 0.885. The molecule has 3 aromatic rings. The number of aromatic nitrogens is 4. The van der Waals surface area contributed by atoms with Crippen molar-refractivity contribution in [3.05, 3.63) is 48.8 Å². The number of para-hydroxylation sites is 1. The molecule has 1 fully saturated rings. The van der Waals surface area contributed by atoms with Crippen LogP contribution in [0, 0.1) is 0 Å². The van der Waals surface area contributed by atoms with Crippen molar-refractivity contribution in [3.8, 4) is 0 Å². The number of hydrogen-bond donors (Lipinski definition) is 1. The highest BCUT2D eigenvalue weighted by atomic mass is 16.2. The van der Waals surface area contributed by atoms with Crippen LogP contribution in [0.3, 0.4) is 0 Å². The Morgan fingerprint density at radius 2 is 1.84 bits per heavy atom. The lowest BCUT2D eigenvalue weighted by molar-refractivity contribution is -0.117. The third-order valence-electron chi connectivity index (χ3n) is 4.27. The number of rotatable bonds is 4. The Balaban J connectivity index is 1.31. The summed E-state index contributed by atoms with van der Waals surface area (Å²) in [4.78, 5) is 16.5. The molecule has 2 aromatic heterocycles. The molecule has 3 heterocycles. The molecule has 1 N–H and O–H groups in total. The highest BCUT2D eigenvalue weighted by Crippen LogP contribution is 2.14. The summed E-state index contributed by atoms with van der Waals surface area (Å²) in [6, 6.07) is 13.4. The van der Waals surface area contributed by atoms with E-state index in [1.54, 1.807) is 10.8 Å². The minimum absolute atomic E-state index is 0.0173. The molecule has 0 radical (unpaired) electrons. The SMILES string of the molecule is O=C(CN1CCN(c2ccc3nncn3n2)CC1)Nc1ccccc1. The zero-order valence-corrected chi connectivity index (χ0v) is 13.7. The molecule has 8 heteroatoms. The molecule has 0 atom stereocenters. The fourth-order valence-corrected chi connectivity index (χ4v) is 2.95. The molecule has 1 amide bonds. The summed E-state index contributed by atoms with van der Waals surface area (Å²) >= 11 is 0. The van der Waals surface area contributed by atoms with E-state index in [2.05, 4.69) is 30.4 Å². The standard InChI is InChI=1S/C17H19N7O/c25-17(19-14-4-2-1-3-5-14)12-22-8-10-23(11-9-22)16-7-6-15-20-18-13-24(15)21-16/h1-7,13H,8-12H2,(H,19,25). The molecule has 1 saturated heterocycles. The first kappa shape index (κ1) is 15.5. The van der Waals surface area contributed by atoms with Gasteiger partial charge >= 0.3 is 0 Å². The lowest BCUT2D eigenvalue weighted by Crippen LogP contribution is -2.49. The van der Waals surface area contributed by atoms with Gasteiger partial charge < -0.3 is 10.2 Å². The van der Waals surface area contributed by atoms with E-state index in [4.69, 9.17) is 0 Å². The second kappa shape index (κ2) is 6.86. The van der Waals surface area contributed by atoms with E-state index in [0.29, 0.717) is 6.54 Å². The predicted molar refractivity (Wildman–Crippen MR) is 94.5 cm³/mol. The second-order valence-corrected chi connectivity index (χ2v) is 6.00. The van der Waals surface area contributed by atoms with Gasteiger partial charge in [-0.25, -0.2) is 0 Å². The molecule has 0 spiro atoms. The monoisotopic (exact) mass is 337 g/mol. The van der Waals surface area contributed by atoms with Crippen molar-refractivity contribution in [3.63, 3.8) is 0 Å². The van der Waals surface area contributed by atoms with Gasteiger partial charge in [-0.05, 0) is 24.3 Å². The van der Waals surface area contributed by atoms with Crippen molar-refractivity contribution in [1.29, 1.82) is 0 Å². The molecule has 1 aromatic carbocycles. The number of nitrogens with zero attached hydrogens (tertiary/aromatic N) is 6. The number of nitrogens with one attached hydrogen (secondary N) is 1. The highest BCUT2D eigenvalue weighted by Gasteiger charge is 2.20. The van der Waals surface area contributed by atoms with Crippen molar-refractivity contribution in [1.82, 2.24) is 24.7 Å². The average Bonchev–Trinajstić information content (AvgIpc) is 3.11. The first-order chi connectivity index (χ1) is 12.3. The summed E-state index contributed by atoms with van der Waals surface area (Å²) in [6.45, 7) is 3.72. The molecule has 25 heavy (non-hydrogen) atoms. The summed E-state index contributed by atoms with van der Waals surface area (Å²) in [5.41, 5.74) is 1.57. The van der Waals surface area contributed by atoms with Crippen LogP contribution < -0.4 is 10.2 Å². The maximum absolute atomic E-state index is 12.2. The van der Waals surface area contributed by atoms with Crippen molar-refractivity contribution in [2.45, 2.75) is 0 Å². The molecule has 0 saturated carbocycles. The Labute approximate surface area is 145 Å². The lowest BCUT2D eigenvalue weighted by atomic mass is 10.3.